The number of rotatable bonds is 8. The normalized spacial score (nSPS) is 11.2. The number of carbonyl (C=O) groups is 1. The molecule has 0 aliphatic heterocycles. The van der Waals surface area contributed by atoms with Crippen LogP contribution >= 0.6 is 11.6 Å². The van der Waals surface area contributed by atoms with Gasteiger partial charge in [0.2, 0.25) is 10.0 Å². The summed E-state index contributed by atoms with van der Waals surface area (Å²) in [7, 11) is -3.25. The van der Waals surface area contributed by atoms with Crippen molar-refractivity contribution in [2.24, 2.45) is 0 Å². The van der Waals surface area contributed by atoms with Crippen molar-refractivity contribution < 1.29 is 13.2 Å². The van der Waals surface area contributed by atoms with Crippen molar-refractivity contribution in [2.45, 2.75) is 13.3 Å². The molecule has 9 heteroatoms. The lowest BCUT2D eigenvalue weighted by Crippen LogP contribution is -2.34. The zero-order chi connectivity index (χ0) is 15.9. The summed E-state index contributed by atoms with van der Waals surface area (Å²) in [6.07, 6.45) is 1.98. The molecule has 1 aromatic heterocycles. The number of halogens is 1. The average molecular weight is 335 g/mol. The molecule has 1 heterocycles. The summed E-state index contributed by atoms with van der Waals surface area (Å²) in [4.78, 5) is 16.0. The van der Waals surface area contributed by atoms with E-state index >= 15 is 0 Å². The maximum Gasteiger partial charge on any atom is 0.251 e. The molecule has 21 heavy (non-hydrogen) atoms. The summed E-state index contributed by atoms with van der Waals surface area (Å²) in [5.41, 5.74) is 0.368. The molecule has 0 aromatic carbocycles. The van der Waals surface area contributed by atoms with Crippen LogP contribution in [0.25, 0.3) is 0 Å². The van der Waals surface area contributed by atoms with Crippen LogP contribution in [0.1, 0.15) is 23.7 Å². The van der Waals surface area contributed by atoms with Gasteiger partial charge in [0, 0.05) is 25.2 Å². The Morgan fingerprint density at radius 3 is 2.62 bits per heavy atom. The summed E-state index contributed by atoms with van der Waals surface area (Å²) >= 11 is 5.87. The van der Waals surface area contributed by atoms with E-state index in [4.69, 9.17) is 11.6 Å². The van der Waals surface area contributed by atoms with Crippen LogP contribution in [-0.2, 0) is 10.0 Å². The Morgan fingerprint density at radius 2 is 2.00 bits per heavy atom. The van der Waals surface area contributed by atoms with Gasteiger partial charge in [-0.05, 0) is 18.6 Å². The predicted molar refractivity (Wildman–Crippen MR) is 83.2 cm³/mol. The minimum absolute atomic E-state index is 0.129. The number of nitrogens with one attached hydrogen (secondary N) is 3. The van der Waals surface area contributed by atoms with Crippen LogP contribution in [-0.4, -0.2) is 45.2 Å². The van der Waals surface area contributed by atoms with E-state index in [9.17, 15) is 13.2 Å². The van der Waals surface area contributed by atoms with Crippen LogP contribution in [0.15, 0.2) is 12.1 Å². The van der Waals surface area contributed by atoms with Crippen molar-refractivity contribution in [3.63, 3.8) is 0 Å². The highest BCUT2D eigenvalue weighted by Gasteiger charge is 2.09. The third kappa shape index (κ3) is 7.26. The summed E-state index contributed by atoms with van der Waals surface area (Å²) in [5, 5.41) is 5.87. The summed E-state index contributed by atoms with van der Waals surface area (Å²) < 4.78 is 24.0. The second-order valence-electron chi connectivity index (χ2n) is 4.41. The number of carbonyl (C=O) groups excluding carboxylic acids is 1. The second kappa shape index (κ2) is 8.16. The number of pyridine rings is 1. The molecule has 1 rings (SSSR count). The molecular formula is C12H19ClN4O3S. The van der Waals surface area contributed by atoms with E-state index in [1.807, 2.05) is 6.92 Å². The van der Waals surface area contributed by atoms with Crippen LogP contribution in [0.2, 0.25) is 5.15 Å². The predicted octanol–water partition coefficient (Wildman–Crippen LogP) is 0.836. The number of hydrogen-bond donors (Lipinski definition) is 3. The molecule has 0 saturated heterocycles. The quantitative estimate of drug-likeness (QED) is 0.483. The molecule has 0 bridgehead atoms. The molecule has 118 valence electrons. The van der Waals surface area contributed by atoms with E-state index in [1.54, 1.807) is 6.07 Å². The Kier molecular flexibility index (Phi) is 6.86. The van der Waals surface area contributed by atoms with Gasteiger partial charge >= 0.3 is 0 Å². The SMILES string of the molecule is CCCNc1cc(C(=O)NCCNS(C)(=O)=O)cc(Cl)n1. The number of aromatic nitrogens is 1. The Hall–Kier alpha value is -1.38. The van der Waals surface area contributed by atoms with Crippen molar-refractivity contribution >= 4 is 33.3 Å². The first kappa shape index (κ1) is 17.7. The fraction of sp³-hybridized carbons (Fsp3) is 0.500. The fourth-order valence-electron chi connectivity index (χ4n) is 1.49. The number of sulfonamides is 1. The van der Waals surface area contributed by atoms with Gasteiger partial charge in [-0.1, -0.05) is 18.5 Å². The first-order valence-corrected chi connectivity index (χ1v) is 8.73. The number of amides is 1. The zero-order valence-electron chi connectivity index (χ0n) is 11.9. The van der Waals surface area contributed by atoms with Gasteiger partial charge < -0.3 is 10.6 Å². The summed E-state index contributed by atoms with van der Waals surface area (Å²) in [6, 6.07) is 3.05. The molecule has 1 amide bonds. The van der Waals surface area contributed by atoms with Crippen LogP contribution in [0, 0.1) is 0 Å². The van der Waals surface area contributed by atoms with Gasteiger partial charge in [-0.15, -0.1) is 0 Å². The monoisotopic (exact) mass is 334 g/mol. The molecule has 0 spiro atoms. The Labute approximate surface area is 129 Å². The van der Waals surface area contributed by atoms with Crippen molar-refractivity contribution in [2.75, 3.05) is 31.2 Å². The highest BCUT2D eigenvalue weighted by atomic mass is 35.5. The molecule has 0 saturated carbocycles. The van der Waals surface area contributed by atoms with Crippen LogP contribution in [0.4, 0.5) is 5.82 Å². The minimum Gasteiger partial charge on any atom is -0.370 e. The lowest BCUT2D eigenvalue weighted by atomic mass is 10.2. The van der Waals surface area contributed by atoms with Crippen LogP contribution in [0.5, 0.6) is 0 Å². The molecule has 7 nitrogen and oxygen atoms in total. The van der Waals surface area contributed by atoms with Gasteiger partial charge in [-0.3, -0.25) is 4.79 Å². The van der Waals surface area contributed by atoms with Gasteiger partial charge in [0.1, 0.15) is 11.0 Å². The summed E-state index contributed by atoms with van der Waals surface area (Å²) in [5.74, 6) is 0.193. The smallest absolute Gasteiger partial charge is 0.251 e. The van der Waals surface area contributed by atoms with Gasteiger partial charge in [0.25, 0.3) is 5.91 Å². The van der Waals surface area contributed by atoms with Crippen molar-refractivity contribution in [1.29, 1.82) is 0 Å². The zero-order valence-corrected chi connectivity index (χ0v) is 13.5. The van der Waals surface area contributed by atoms with E-state index in [0.717, 1.165) is 19.2 Å². The standard InChI is InChI=1S/C12H19ClN4O3S/c1-3-4-14-11-8-9(7-10(13)17-11)12(18)15-5-6-16-21(2,19)20/h7-8,16H,3-6H2,1-2H3,(H,14,17)(H,15,18). The first-order chi connectivity index (χ1) is 9.81. The largest absolute Gasteiger partial charge is 0.370 e. The van der Waals surface area contributed by atoms with Gasteiger partial charge in [0.15, 0.2) is 0 Å². The Morgan fingerprint density at radius 1 is 1.29 bits per heavy atom. The van der Waals surface area contributed by atoms with E-state index in [0.29, 0.717) is 11.4 Å². The lowest BCUT2D eigenvalue weighted by molar-refractivity contribution is 0.0954. The number of nitrogens with zero attached hydrogens (tertiary/aromatic N) is 1. The third-order valence-corrected chi connectivity index (χ3v) is 3.31. The fourth-order valence-corrected chi connectivity index (χ4v) is 2.17. The second-order valence-corrected chi connectivity index (χ2v) is 6.63. The van der Waals surface area contributed by atoms with Crippen LogP contribution in [0.3, 0.4) is 0 Å². The van der Waals surface area contributed by atoms with E-state index in [2.05, 4.69) is 20.3 Å². The minimum atomic E-state index is -3.25. The topological polar surface area (TPSA) is 100 Å². The molecule has 0 fully saturated rings. The average Bonchev–Trinajstić information content (AvgIpc) is 2.39. The third-order valence-electron chi connectivity index (χ3n) is 2.39. The van der Waals surface area contributed by atoms with E-state index in [-0.39, 0.29) is 24.1 Å². The molecule has 3 N–H and O–H groups in total. The van der Waals surface area contributed by atoms with Gasteiger partial charge in [0.05, 0.1) is 6.26 Å². The van der Waals surface area contributed by atoms with E-state index < -0.39 is 10.0 Å². The molecule has 1 aromatic rings. The maximum atomic E-state index is 11.9. The molecular weight excluding hydrogens is 316 g/mol. The first-order valence-electron chi connectivity index (χ1n) is 6.46. The number of hydrogen-bond acceptors (Lipinski definition) is 5. The molecule has 0 radical (unpaired) electrons. The molecule has 0 unspecified atom stereocenters. The molecule has 0 aliphatic rings. The number of anilines is 1. The van der Waals surface area contributed by atoms with Crippen molar-refractivity contribution in [1.82, 2.24) is 15.0 Å². The highest BCUT2D eigenvalue weighted by Crippen LogP contribution is 2.14. The van der Waals surface area contributed by atoms with E-state index in [1.165, 1.54) is 6.07 Å². The lowest BCUT2D eigenvalue weighted by Gasteiger charge is -2.09. The molecule has 0 aliphatic carbocycles. The van der Waals surface area contributed by atoms with Crippen LogP contribution < -0.4 is 15.4 Å². The Balaban J connectivity index is 2.59. The summed E-state index contributed by atoms with van der Waals surface area (Å²) in [6.45, 7) is 3.06. The molecule has 0 atom stereocenters. The maximum absolute atomic E-state index is 11.9. The van der Waals surface area contributed by atoms with Gasteiger partial charge in [-0.25, -0.2) is 18.1 Å². The highest BCUT2D eigenvalue weighted by molar-refractivity contribution is 7.88. The van der Waals surface area contributed by atoms with Crippen molar-refractivity contribution in [3.8, 4) is 0 Å². The van der Waals surface area contributed by atoms with Gasteiger partial charge in [-0.2, -0.15) is 0 Å². The van der Waals surface area contributed by atoms with Crippen molar-refractivity contribution in [3.05, 3.63) is 22.8 Å². The Bertz CT molecular complexity index is 592.